The first kappa shape index (κ1) is 11.7. The standard InChI is InChI=1S/C7H13NO3.ClH/c1-8(2)4-5(9)3-6(8)7(10)11;/h5-6,9H,3-4H2,1-2H3;1H/t5-,6-;/m1./s1. The molecule has 5 heteroatoms. The first-order chi connectivity index (χ1) is 4.93. The van der Waals surface area contributed by atoms with Crippen LogP contribution in [0.3, 0.4) is 0 Å². The number of carboxylic acid groups (broad SMARTS) is 1. The number of carboxylic acids is 1. The minimum atomic E-state index is -0.813. The lowest BCUT2D eigenvalue weighted by atomic mass is 10.2. The van der Waals surface area contributed by atoms with Gasteiger partial charge in [-0.1, -0.05) is 0 Å². The zero-order valence-electron chi connectivity index (χ0n) is 7.20. The number of aliphatic hydroxyl groups excluding tert-OH is 1. The normalized spacial score (nSPS) is 32.6. The van der Waals surface area contributed by atoms with Crippen LogP contribution < -0.4 is 12.4 Å². The number of quaternary nitrogens is 1. The molecule has 0 amide bonds. The maximum Gasteiger partial charge on any atom is 0.362 e. The zero-order chi connectivity index (χ0) is 8.65. The maximum absolute atomic E-state index is 10.6. The van der Waals surface area contributed by atoms with Crippen molar-refractivity contribution in [1.82, 2.24) is 0 Å². The van der Waals surface area contributed by atoms with E-state index in [2.05, 4.69) is 0 Å². The van der Waals surface area contributed by atoms with Crippen molar-refractivity contribution in [2.75, 3.05) is 20.6 Å². The monoisotopic (exact) mass is 195 g/mol. The van der Waals surface area contributed by atoms with E-state index in [-0.39, 0.29) is 12.4 Å². The van der Waals surface area contributed by atoms with Gasteiger partial charge in [-0.25, -0.2) is 4.79 Å². The highest BCUT2D eigenvalue weighted by Crippen LogP contribution is 2.22. The minimum Gasteiger partial charge on any atom is -1.00 e. The molecule has 0 radical (unpaired) electrons. The van der Waals surface area contributed by atoms with Gasteiger partial charge in [-0.3, -0.25) is 0 Å². The van der Waals surface area contributed by atoms with E-state index < -0.39 is 18.1 Å². The molecule has 2 N–H and O–H groups in total. The van der Waals surface area contributed by atoms with Crippen molar-refractivity contribution >= 4 is 5.97 Å². The summed E-state index contributed by atoms with van der Waals surface area (Å²) in [4.78, 5) is 10.6. The molecule has 72 valence electrons. The molecule has 1 fully saturated rings. The first-order valence-electron chi connectivity index (χ1n) is 3.67. The minimum absolute atomic E-state index is 0. The Morgan fingerprint density at radius 3 is 2.17 bits per heavy atom. The van der Waals surface area contributed by atoms with Crippen LogP contribution in [-0.4, -0.2) is 53.5 Å². The summed E-state index contributed by atoms with van der Waals surface area (Å²) in [7, 11) is 3.66. The van der Waals surface area contributed by atoms with Gasteiger partial charge in [-0.15, -0.1) is 0 Å². The summed E-state index contributed by atoms with van der Waals surface area (Å²) >= 11 is 0. The molecule has 0 aromatic rings. The molecule has 0 bridgehead atoms. The van der Waals surface area contributed by atoms with Gasteiger partial charge in [0.25, 0.3) is 0 Å². The van der Waals surface area contributed by atoms with Crippen molar-refractivity contribution < 1.29 is 31.9 Å². The van der Waals surface area contributed by atoms with Crippen LogP contribution >= 0.6 is 0 Å². The lowest BCUT2D eigenvalue weighted by Gasteiger charge is -2.28. The average Bonchev–Trinajstić information content (AvgIpc) is 2.04. The number of likely N-dealkylation sites (N-methyl/N-ethyl adjacent to an activating group) is 1. The molecule has 1 rings (SSSR count). The van der Waals surface area contributed by atoms with Crippen LogP contribution in [0.1, 0.15) is 6.42 Å². The van der Waals surface area contributed by atoms with E-state index >= 15 is 0 Å². The van der Waals surface area contributed by atoms with Gasteiger partial charge in [0.05, 0.1) is 14.1 Å². The van der Waals surface area contributed by atoms with Crippen molar-refractivity contribution in [2.45, 2.75) is 18.6 Å². The molecule has 0 spiro atoms. The van der Waals surface area contributed by atoms with Crippen molar-refractivity contribution in [3.05, 3.63) is 0 Å². The summed E-state index contributed by atoms with van der Waals surface area (Å²) in [5.74, 6) is -0.813. The third kappa shape index (κ3) is 2.09. The molecule has 0 aromatic heterocycles. The Morgan fingerprint density at radius 2 is 2.00 bits per heavy atom. The molecule has 1 aliphatic heterocycles. The summed E-state index contributed by atoms with van der Waals surface area (Å²) in [6.45, 7) is 0.539. The van der Waals surface area contributed by atoms with Crippen molar-refractivity contribution in [3.8, 4) is 0 Å². The van der Waals surface area contributed by atoms with Crippen LogP contribution in [0.15, 0.2) is 0 Å². The van der Waals surface area contributed by atoms with E-state index in [4.69, 9.17) is 5.11 Å². The van der Waals surface area contributed by atoms with E-state index in [1.54, 1.807) is 0 Å². The number of likely N-dealkylation sites (tertiary alicyclic amines) is 1. The summed E-state index contributed by atoms with van der Waals surface area (Å²) in [5, 5.41) is 17.9. The van der Waals surface area contributed by atoms with Crippen LogP contribution in [0.2, 0.25) is 0 Å². The summed E-state index contributed by atoms with van der Waals surface area (Å²) in [5.41, 5.74) is 0. The Labute approximate surface area is 77.8 Å². The van der Waals surface area contributed by atoms with Crippen LogP contribution in [0, 0.1) is 0 Å². The van der Waals surface area contributed by atoms with Crippen LogP contribution in [0.25, 0.3) is 0 Å². The van der Waals surface area contributed by atoms with Gasteiger partial charge >= 0.3 is 5.97 Å². The van der Waals surface area contributed by atoms with Gasteiger partial charge in [0.15, 0.2) is 6.04 Å². The van der Waals surface area contributed by atoms with Gasteiger partial charge in [-0.2, -0.15) is 0 Å². The Balaban J connectivity index is 0.00000121. The quantitative estimate of drug-likeness (QED) is 0.424. The molecule has 4 nitrogen and oxygen atoms in total. The lowest BCUT2D eigenvalue weighted by Crippen LogP contribution is -3.00. The molecule has 2 atom stereocenters. The second-order valence-corrected chi connectivity index (χ2v) is 3.70. The molecular weight excluding hydrogens is 182 g/mol. The first-order valence-corrected chi connectivity index (χ1v) is 3.67. The van der Waals surface area contributed by atoms with E-state index in [1.807, 2.05) is 14.1 Å². The van der Waals surface area contributed by atoms with E-state index in [1.165, 1.54) is 0 Å². The summed E-state index contributed by atoms with van der Waals surface area (Å²) in [6, 6.07) is -0.440. The number of halogens is 1. The Bertz CT molecular complexity index is 183. The number of aliphatic carboxylic acids is 1. The second kappa shape index (κ2) is 3.60. The molecule has 0 unspecified atom stereocenters. The molecular formula is C7H14ClNO3. The van der Waals surface area contributed by atoms with E-state index in [0.29, 0.717) is 17.4 Å². The van der Waals surface area contributed by atoms with Gasteiger partial charge < -0.3 is 27.1 Å². The average molecular weight is 196 g/mol. The molecule has 1 saturated heterocycles. The predicted molar refractivity (Wildman–Crippen MR) is 39.0 cm³/mol. The van der Waals surface area contributed by atoms with Crippen molar-refractivity contribution in [1.29, 1.82) is 0 Å². The number of hydrogen-bond donors (Lipinski definition) is 2. The van der Waals surface area contributed by atoms with Crippen molar-refractivity contribution in [3.63, 3.8) is 0 Å². The second-order valence-electron chi connectivity index (χ2n) is 3.70. The largest absolute Gasteiger partial charge is 1.00 e. The lowest BCUT2D eigenvalue weighted by molar-refractivity contribution is -0.895. The fourth-order valence-corrected chi connectivity index (χ4v) is 1.69. The molecule has 0 aromatic carbocycles. The van der Waals surface area contributed by atoms with Crippen molar-refractivity contribution in [2.24, 2.45) is 0 Å². The molecule has 1 aliphatic rings. The fourth-order valence-electron chi connectivity index (χ4n) is 1.69. The molecule has 0 saturated carbocycles. The SMILES string of the molecule is C[N+]1(C)C[C@H](O)C[C@@H]1C(=O)O.[Cl-]. The highest BCUT2D eigenvalue weighted by molar-refractivity contribution is 5.72. The fraction of sp³-hybridized carbons (Fsp3) is 0.857. The maximum atomic E-state index is 10.6. The number of aliphatic hydroxyl groups is 1. The summed E-state index contributed by atoms with van der Waals surface area (Å²) in [6.07, 6.45) is -0.0754. The number of carbonyl (C=O) groups is 1. The van der Waals surface area contributed by atoms with Gasteiger partial charge in [-0.05, 0) is 0 Å². The van der Waals surface area contributed by atoms with Crippen LogP contribution in [-0.2, 0) is 4.79 Å². The number of rotatable bonds is 1. The topological polar surface area (TPSA) is 57.5 Å². The molecule has 1 heterocycles. The molecule has 12 heavy (non-hydrogen) atoms. The highest BCUT2D eigenvalue weighted by atomic mass is 35.5. The zero-order valence-corrected chi connectivity index (χ0v) is 7.95. The predicted octanol–water partition coefficient (Wildman–Crippen LogP) is -3.72. The van der Waals surface area contributed by atoms with Gasteiger partial charge in [0.2, 0.25) is 0 Å². The highest BCUT2D eigenvalue weighted by Gasteiger charge is 2.44. The molecule has 0 aliphatic carbocycles. The van der Waals surface area contributed by atoms with Crippen LogP contribution in [0.5, 0.6) is 0 Å². The van der Waals surface area contributed by atoms with Gasteiger partial charge in [0, 0.05) is 6.42 Å². The Kier molecular flexibility index (Phi) is 3.50. The van der Waals surface area contributed by atoms with E-state index in [9.17, 15) is 9.90 Å². The van der Waals surface area contributed by atoms with Crippen LogP contribution in [0.4, 0.5) is 0 Å². The smallest absolute Gasteiger partial charge is 0.362 e. The third-order valence-electron chi connectivity index (χ3n) is 2.31. The number of nitrogens with zero attached hydrogens (tertiary/aromatic N) is 1. The van der Waals surface area contributed by atoms with E-state index in [0.717, 1.165) is 0 Å². The van der Waals surface area contributed by atoms with Gasteiger partial charge in [0.1, 0.15) is 12.6 Å². The Morgan fingerprint density at radius 1 is 1.50 bits per heavy atom. The summed E-state index contributed by atoms with van der Waals surface area (Å²) < 4.78 is 0.385. The number of hydrogen-bond acceptors (Lipinski definition) is 2. The Hall–Kier alpha value is -0.320. The third-order valence-corrected chi connectivity index (χ3v) is 2.31.